The van der Waals surface area contributed by atoms with Gasteiger partial charge >= 0.3 is 0 Å². The summed E-state index contributed by atoms with van der Waals surface area (Å²) in [7, 11) is 1.67. The Morgan fingerprint density at radius 3 is 1.38 bits per heavy atom. The molecular formula is C21H17NO2. The summed E-state index contributed by atoms with van der Waals surface area (Å²) in [5.41, 5.74) is 5.26. The predicted molar refractivity (Wildman–Crippen MR) is 95.7 cm³/mol. The first-order valence-electron chi connectivity index (χ1n) is 7.34. The summed E-state index contributed by atoms with van der Waals surface area (Å²) in [4.78, 5) is 8.00. The van der Waals surface area contributed by atoms with Crippen molar-refractivity contribution in [2.75, 3.05) is 7.11 Å². The van der Waals surface area contributed by atoms with Crippen molar-refractivity contribution in [2.45, 2.75) is 0 Å². The van der Waals surface area contributed by atoms with Crippen molar-refractivity contribution in [3.05, 3.63) is 78.4 Å². The number of hydrogen-bond donors (Lipinski definition) is 0. The molecule has 0 spiro atoms. The second kappa shape index (κ2) is 8.30. The monoisotopic (exact) mass is 315 g/mol. The summed E-state index contributed by atoms with van der Waals surface area (Å²) in [5.74, 6) is 0.859. The summed E-state index contributed by atoms with van der Waals surface area (Å²) in [5, 5.41) is 8.84. The highest BCUT2D eigenvalue weighted by atomic mass is 16.5. The summed E-state index contributed by atoms with van der Waals surface area (Å²) in [6.45, 7) is 2.00. The van der Waals surface area contributed by atoms with Crippen molar-refractivity contribution in [2.24, 2.45) is 0 Å². The number of rotatable bonds is 3. The van der Waals surface area contributed by atoms with E-state index in [0.29, 0.717) is 5.56 Å². The van der Waals surface area contributed by atoms with E-state index in [2.05, 4.69) is 42.5 Å². The molecule has 0 N–H and O–H groups in total. The number of ether oxygens (including phenoxy) is 1. The molecule has 118 valence electrons. The number of benzene rings is 3. The van der Waals surface area contributed by atoms with Crippen LogP contribution < -0.4 is 4.74 Å². The maximum atomic E-state index is 8.84. The van der Waals surface area contributed by atoms with Crippen molar-refractivity contribution in [3.8, 4) is 34.1 Å². The van der Waals surface area contributed by atoms with Crippen LogP contribution >= 0.6 is 0 Å². The molecule has 0 unspecified atom stereocenters. The lowest BCUT2D eigenvalue weighted by molar-refractivity contribution is -0.0979. The molecule has 0 saturated carbocycles. The minimum Gasteiger partial charge on any atom is -0.497 e. The van der Waals surface area contributed by atoms with Gasteiger partial charge in [0.05, 0.1) is 18.7 Å². The Bertz CT molecular complexity index is 814. The van der Waals surface area contributed by atoms with Gasteiger partial charge in [0.25, 0.3) is 0 Å². The smallest absolute Gasteiger partial charge is 0.118 e. The van der Waals surface area contributed by atoms with E-state index in [-0.39, 0.29) is 0 Å². The van der Waals surface area contributed by atoms with E-state index in [0.717, 1.165) is 22.4 Å². The minimum atomic E-state index is 0.679. The fraction of sp³-hybridized carbons (Fsp3) is 0.0476. The number of nitriles is 1. The van der Waals surface area contributed by atoms with Crippen LogP contribution in [0.1, 0.15) is 5.56 Å². The first-order chi connectivity index (χ1) is 11.8. The van der Waals surface area contributed by atoms with Crippen molar-refractivity contribution < 1.29 is 9.53 Å². The zero-order chi connectivity index (χ0) is 17.4. The molecular weight excluding hydrogens is 298 g/mol. The lowest BCUT2D eigenvalue weighted by atomic mass is 10.00. The Balaban J connectivity index is 0.00000100. The molecule has 3 nitrogen and oxygen atoms in total. The van der Waals surface area contributed by atoms with Crippen LogP contribution in [-0.4, -0.2) is 13.9 Å². The first kappa shape index (κ1) is 17.0. The number of hydrogen-bond acceptors (Lipinski definition) is 3. The third kappa shape index (κ3) is 3.88. The van der Waals surface area contributed by atoms with E-state index in [9.17, 15) is 0 Å². The van der Waals surface area contributed by atoms with E-state index < -0.39 is 0 Å². The van der Waals surface area contributed by atoms with Crippen molar-refractivity contribution in [1.29, 1.82) is 5.26 Å². The van der Waals surface area contributed by atoms with Gasteiger partial charge in [0.1, 0.15) is 12.5 Å². The molecule has 0 amide bonds. The first-order valence-corrected chi connectivity index (χ1v) is 7.34. The van der Waals surface area contributed by atoms with Gasteiger partial charge < -0.3 is 9.53 Å². The molecule has 3 aromatic rings. The molecule has 3 rings (SSSR count). The summed E-state index contributed by atoms with van der Waals surface area (Å²) < 4.78 is 5.18. The van der Waals surface area contributed by atoms with Gasteiger partial charge in [-0.1, -0.05) is 48.5 Å². The second-order valence-corrected chi connectivity index (χ2v) is 5.00. The fourth-order valence-electron chi connectivity index (χ4n) is 2.38. The Kier molecular flexibility index (Phi) is 5.88. The standard InChI is InChI=1S/C20H15NO.CH2O/c1-22-20-12-10-19(11-13-20)18-8-6-17(7-9-18)16-4-2-15(14-21)3-5-16;1-2/h2-13H,1H3;1H2. The lowest BCUT2D eigenvalue weighted by Crippen LogP contribution is -1.83. The van der Waals surface area contributed by atoms with Crippen LogP contribution in [0.25, 0.3) is 22.3 Å². The Hall–Kier alpha value is -3.38. The molecule has 0 saturated heterocycles. The Morgan fingerprint density at radius 2 is 1.04 bits per heavy atom. The van der Waals surface area contributed by atoms with Crippen LogP contribution in [0.5, 0.6) is 5.75 Å². The van der Waals surface area contributed by atoms with Gasteiger partial charge in [-0.3, -0.25) is 0 Å². The summed E-state index contributed by atoms with van der Waals surface area (Å²) >= 11 is 0. The van der Waals surface area contributed by atoms with E-state index in [1.54, 1.807) is 7.11 Å². The van der Waals surface area contributed by atoms with E-state index in [1.807, 2.05) is 43.2 Å². The zero-order valence-electron chi connectivity index (χ0n) is 13.4. The van der Waals surface area contributed by atoms with Crippen molar-refractivity contribution >= 4 is 6.79 Å². The maximum Gasteiger partial charge on any atom is 0.118 e. The quantitative estimate of drug-likeness (QED) is 0.703. The highest BCUT2D eigenvalue weighted by molar-refractivity contribution is 5.71. The molecule has 0 aromatic heterocycles. The van der Waals surface area contributed by atoms with Crippen LogP contribution in [0.3, 0.4) is 0 Å². The Labute approximate surface area is 141 Å². The van der Waals surface area contributed by atoms with E-state index >= 15 is 0 Å². The third-order valence-corrected chi connectivity index (χ3v) is 3.66. The number of nitrogens with zero attached hydrogens (tertiary/aromatic N) is 1. The number of methoxy groups -OCH3 is 1. The fourth-order valence-corrected chi connectivity index (χ4v) is 2.38. The Morgan fingerprint density at radius 1 is 0.708 bits per heavy atom. The molecule has 0 bridgehead atoms. The average Bonchev–Trinajstić information content (AvgIpc) is 2.70. The average molecular weight is 315 g/mol. The maximum absolute atomic E-state index is 8.84. The van der Waals surface area contributed by atoms with Crippen LogP contribution in [-0.2, 0) is 4.79 Å². The molecule has 0 atom stereocenters. The third-order valence-electron chi connectivity index (χ3n) is 3.66. The van der Waals surface area contributed by atoms with E-state index in [4.69, 9.17) is 14.8 Å². The molecule has 0 heterocycles. The minimum absolute atomic E-state index is 0.679. The molecule has 0 radical (unpaired) electrons. The van der Waals surface area contributed by atoms with Gasteiger partial charge in [-0.2, -0.15) is 5.26 Å². The predicted octanol–water partition coefficient (Wildman–Crippen LogP) is 4.72. The highest BCUT2D eigenvalue weighted by Gasteiger charge is 2.01. The highest BCUT2D eigenvalue weighted by Crippen LogP contribution is 2.26. The van der Waals surface area contributed by atoms with Gasteiger partial charge in [0.2, 0.25) is 0 Å². The van der Waals surface area contributed by atoms with Gasteiger partial charge in [-0.05, 0) is 46.5 Å². The van der Waals surface area contributed by atoms with Crippen molar-refractivity contribution in [3.63, 3.8) is 0 Å². The largest absolute Gasteiger partial charge is 0.497 e. The molecule has 3 heteroatoms. The second-order valence-electron chi connectivity index (χ2n) is 5.00. The molecule has 24 heavy (non-hydrogen) atoms. The summed E-state index contributed by atoms with van der Waals surface area (Å²) in [6, 6.07) is 26.2. The number of carbonyl (C=O) groups is 1. The number of carbonyl (C=O) groups excluding carboxylic acids is 1. The van der Waals surface area contributed by atoms with Crippen LogP contribution in [0.15, 0.2) is 72.8 Å². The zero-order valence-corrected chi connectivity index (χ0v) is 13.4. The molecule has 0 aliphatic heterocycles. The van der Waals surface area contributed by atoms with Gasteiger partial charge in [0, 0.05) is 0 Å². The van der Waals surface area contributed by atoms with E-state index in [1.165, 1.54) is 5.56 Å². The van der Waals surface area contributed by atoms with Crippen LogP contribution in [0, 0.1) is 11.3 Å². The summed E-state index contributed by atoms with van der Waals surface area (Å²) in [6.07, 6.45) is 0. The van der Waals surface area contributed by atoms with Gasteiger partial charge in [0.15, 0.2) is 0 Å². The van der Waals surface area contributed by atoms with Gasteiger partial charge in [-0.25, -0.2) is 0 Å². The van der Waals surface area contributed by atoms with Gasteiger partial charge in [-0.15, -0.1) is 0 Å². The molecule has 0 aliphatic carbocycles. The normalized spacial score (nSPS) is 9.33. The van der Waals surface area contributed by atoms with Crippen LogP contribution in [0.2, 0.25) is 0 Å². The molecule has 0 fully saturated rings. The van der Waals surface area contributed by atoms with Crippen molar-refractivity contribution in [1.82, 2.24) is 0 Å². The lowest BCUT2D eigenvalue weighted by Gasteiger charge is -2.06. The topological polar surface area (TPSA) is 50.1 Å². The van der Waals surface area contributed by atoms with Crippen LogP contribution in [0.4, 0.5) is 0 Å². The molecule has 0 aliphatic rings. The SMILES string of the molecule is C=O.COc1ccc(-c2ccc(-c3ccc(C#N)cc3)cc2)cc1. The molecule has 3 aromatic carbocycles.